The van der Waals surface area contributed by atoms with Crippen molar-refractivity contribution in [2.24, 2.45) is 0 Å². The van der Waals surface area contributed by atoms with Crippen LogP contribution in [-0.2, 0) is 0 Å². The van der Waals surface area contributed by atoms with Crippen LogP contribution in [0.2, 0.25) is 0 Å². The lowest BCUT2D eigenvalue weighted by Gasteiger charge is -2.13. The van der Waals surface area contributed by atoms with E-state index in [1.165, 1.54) is 9.75 Å². The Kier molecular flexibility index (Phi) is 5.09. The van der Waals surface area contributed by atoms with Crippen molar-refractivity contribution in [1.82, 2.24) is 5.32 Å². The molecule has 0 aliphatic heterocycles. The molecule has 1 aromatic heterocycles. The second-order valence-electron chi connectivity index (χ2n) is 3.24. The lowest BCUT2D eigenvalue weighted by Crippen LogP contribution is -2.24. The molecular weight excluding hydrogens is 262 g/mol. The number of nitrogens with one attached hydrogen (secondary N) is 1. The van der Waals surface area contributed by atoms with Crippen molar-refractivity contribution in [1.29, 1.82) is 0 Å². The highest BCUT2D eigenvalue weighted by atomic mass is 79.9. The summed E-state index contributed by atoms with van der Waals surface area (Å²) in [5.41, 5.74) is 0. The molecule has 0 aliphatic carbocycles. The van der Waals surface area contributed by atoms with Gasteiger partial charge in [0.15, 0.2) is 0 Å². The maximum Gasteiger partial charge on any atom is 0.0650 e. The summed E-state index contributed by atoms with van der Waals surface area (Å²) in [5, 5.41) is 12.6. The Morgan fingerprint density at radius 1 is 1.64 bits per heavy atom. The first kappa shape index (κ1) is 12.2. The van der Waals surface area contributed by atoms with Crippen LogP contribution in [0.4, 0.5) is 0 Å². The van der Waals surface area contributed by atoms with Gasteiger partial charge in [0.05, 0.1) is 12.6 Å². The topological polar surface area (TPSA) is 32.3 Å². The SMILES string of the molecule is CCCNC(CO)c1cc(Br)c(C)s1. The molecule has 1 unspecified atom stereocenters. The van der Waals surface area contributed by atoms with Crippen LogP contribution in [0.15, 0.2) is 10.5 Å². The van der Waals surface area contributed by atoms with E-state index in [-0.39, 0.29) is 12.6 Å². The van der Waals surface area contributed by atoms with Gasteiger partial charge in [0.2, 0.25) is 0 Å². The third-order valence-corrected chi connectivity index (χ3v) is 4.29. The molecule has 0 fully saturated rings. The van der Waals surface area contributed by atoms with E-state index in [0.717, 1.165) is 17.4 Å². The van der Waals surface area contributed by atoms with Gasteiger partial charge in [0.1, 0.15) is 0 Å². The smallest absolute Gasteiger partial charge is 0.0650 e. The summed E-state index contributed by atoms with van der Waals surface area (Å²) < 4.78 is 1.13. The molecule has 0 aliphatic rings. The summed E-state index contributed by atoms with van der Waals surface area (Å²) in [5.74, 6) is 0. The third kappa shape index (κ3) is 3.05. The molecule has 80 valence electrons. The number of rotatable bonds is 5. The molecule has 1 aromatic rings. The Labute approximate surface area is 97.5 Å². The minimum absolute atomic E-state index is 0.0879. The highest BCUT2D eigenvalue weighted by Crippen LogP contribution is 2.30. The van der Waals surface area contributed by atoms with Gasteiger partial charge in [-0.05, 0) is 41.9 Å². The maximum absolute atomic E-state index is 9.24. The number of aliphatic hydroxyl groups excluding tert-OH is 1. The van der Waals surface area contributed by atoms with Crippen LogP contribution in [0.25, 0.3) is 0 Å². The largest absolute Gasteiger partial charge is 0.394 e. The van der Waals surface area contributed by atoms with Crippen LogP contribution in [-0.4, -0.2) is 18.3 Å². The van der Waals surface area contributed by atoms with E-state index < -0.39 is 0 Å². The average molecular weight is 278 g/mol. The van der Waals surface area contributed by atoms with Crippen molar-refractivity contribution in [3.05, 3.63) is 20.3 Å². The monoisotopic (exact) mass is 277 g/mol. The molecule has 0 amide bonds. The molecule has 2 N–H and O–H groups in total. The number of aryl methyl sites for hydroxylation is 1. The van der Waals surface area contributed by atoms with Gasteiger partial charge in [-0.2, -0.15) is 0 Å². The van der Waals surface area contributed by atoms with E-state index in [1.54, 1.807) is 11.3 Å². The summed E-state index contributed by atoms with van der Waals surface area (Å²) in [6.45, 7) is 5.30. The van der Waals surface area contributed by atoms with Gasteiger partial charge in [-0.3, -0.25) is 0 Å². The number of aliphatic hydroxyl groups is 1. The molecule has 14 heavy (non-hydrogen) atoms. The van der Waals surface area contributed by atoms with Crippen molar-refractivity contribution < 1.29 is 5.11 Å². The first-order chi connectivity index (χ1) is 6.69. The second kappa shape index (κ2) is 5.85. The van der Waals surface area contributed by atoms with Gasteiger partial charge >= 0.3 is 0 Å². The van der Waals surface area contributed by atoms with E-state index in [1.807, 2.05) is 0 Å². The van der Waals surface area contributed by atoms with E-state index >= 15 is 0 Å². The van der Waals surface area contributed by atoms with Crippen LogP contribution in [0.3, 0.4) is 0 Å². The third-order valence-electron chi connectivity index (χ3n) is 2.04. The van der Waals surface area contributed by atoms with Crippen molar-refractivity contribution in [3.8, 4) is 0 Å². The molecule has 0 bridgehead atoms. The summed E-state index contributed by atoms with van der Waals surface area (Å²) in [7, 11) is 0. The molecule has 1 rings (SSSR count). The van der Waals surface area contributed by atoms with Crippen molar-refractivity contribution in [3.63, 3.8) is 0 Å². The highest BCUT2D eigenvalue weighted by Gasteiger charge is 2.13. The molecule has 0 spiro atoms. The fourth-order valence-electron chi connectivity index (χ4n) is 1.23. The predicted molar refractivity (Wildman–Crippen MR) is 64.9 cm³/mol. The zero-order valence-electron chi connectivity index (χ0n) is 8.51. The van der Waals surface area contributed by atoms with Crippen LogP contribution in [0.1, 0.15) is 29.1 Å². The van der Waals surface area contributed by atoms with Gasteiger partial charge in [0, 0.05) is 14.2 Å². The lowest BCUT2D eigenvalue weighted by atomic mass is 10.2. The maximum atomic E-state index is 9.24. The second-order valence-corrected chi connectivity index (χ2v) is 5.38. The van der Waals surface area contributed by atoms with Crippen LogP contribution in [0, 0.1) is 6.92 Å². The normalized spacial score (nSPS) is 13.1. The minimum atomic E-state index is 0.0879. The van der Waals surface area contributed by atoms with Gasteiger partial charge in [-0.25, -0.2) is 0 Å². The average Bonchev–Trinajstić information content (AvgIpc) is 2.48. The zero-order valence-corrected chi connectivity index (χ0v) is 10.9. The van der Waals surface area contributed by atoms with E-state index in [4.69, 9.17) is 0 Å². The Morgan fingerprint density at radius 3 is 2.79 bits per heavy atom. The van der Waals surface area contributed by atoms with Gasteiger partial charge < -0.3 is 10.4 Å². The van der Waals surface area contributed by atoms with Crippen LogP contribution >= 0.6 is 27.3 Å². The van der Waals surface area contributed by atoms with Gasteiger partial charge in [0.25, 0.3) is 0 Å². The zero-order chi connectivity index (χ0) is 10.6. The Balaban J connectivity index is 2.68. The molecule has 2 nitrogen and oxygen atoms in total. The highest BCUT2D eigenvalue weighted by molar-refractivity contribution is 9.10. The Bertz CT molecular complexity index is 268. The quantitative estimate of drug-likeness (QED) is 0.868. The molecule has 1 heterocycles. The summed E-state index contributed by atoms with van der Waals surface area (Å²) in [6, 6.07) is 2.17. The molecular formula is C10H16BrNOS. The Hall–Kier alpha value is 0.1000. The van der Waals surface area contributed by atoms with E-state index in [0.29, 0.717) is 0 Å². The number of halogens is 1. The molecule has 0 saturated carbocycles. The molecule has 4 heteroatoms. The standard InChI is InChI=1S/C10H16BrNOS/c1-3-4-12-9(6-13)10-5-8(11)7(2)14-10/h5,9,12-13H,3-4,6H2,1-2H3. The molecule has 0 radical (unpaired) electrons. The van der Waals surface area contributed by atoms with Crippen molar-refractivity contribution in [2.75, 3.05) is 13.2 Å². The van der Waals surface area contributed by atoms with Gasteiger partial charge in [-0.15, -0.1) is 11.3 Å². The number of thiophene rings is 1. The summed E-state index contributed by atoms with van der Waals surface area (Å²) in [6.07, 6.45) is 1.09. The fourth-order valence-corrected chi connectivity index (χ4v) is 2.85. The molecule has 0 saturated heterocycles. The van der Waals surface area contributed by atoms with Gasteiger partial charge in [-0.1, -0.05) is 6.92 Å². The molecule has 1 atom stereocenters. The lowest BCUT2D eigenvalue weighted by molar-refractivity contribution is 0.246. The van der Waals surface area contributed by atoms with Crippen LogP contribution in [0.5, 0.6) is 0 Å². The van der Waals surface area contributed by atoms with Crippen molar-refractivity contribution in [2.45, 2.75) is 26.3 Å². The number of hydrogen-bond acceptors (Lipinski definition) is 3. The number of hydrogen-bond donors (Lipinski definition) is 2. The first-order valence-corrected chi connectivity index (χ1v) is 6.40. The molecule has 0 aromatic carbocycles. The predicted octanol–water partition coefficient (Wildman–Crippen LogP) is 2.85. The first-order valence-electron chi connectivity index (χ1n) is 4.79. The summed E-state index contributed by atoms with van der Waals surface area (Å²) in [4.78, 5) is 2.46. The van der Waals surface area contributed by atoms with Crippen molar-refractivity contribution >= 4 is 27.3 Å². The fraction of sp³-hybridized carbons (Fsp3) is 0.600. The van der Waals surface area contributed by atoms with E-state index in [2.05, 4.69) is 41.2 Å². The van der Waals surface area contributed by atoms with E-state index in [9.17, 15) is 5.11 Å². The van der Waals surface area contributed by atoms with Crippen LogP contribution < -0.4 is 5.32 Å². The Morgan fingerprint density at radius 2 is 2.36 bits per heavy atom. The minimum Gasteiger partial charge on any atom is -0.394 e. The summed E-state index contributed by atoms with van der Waals surface area (Å²) >= 11 is 5.21.